The zero-order valence-corrected chi connectivity index (χ0v) is 9.01. The number of nitrogens with one attached hydrogen (secondary N) is 3. The predicted octanol–water partition coefficient (Wildman–Crippen LogP) is -0.237. The van der Waals surface area contributed by atoms with E-state index in [4.69, 9.17) is 0 Å². The van der Waals surface area contributed by atoms with E-state index in [0.717, 1.165) is 0 Å². The maximum atomic E-state index is 4.12. The molecule has 0 saturated carbocycles. The minimum atomic E-state index is -0.00788. The van der Waals surface area contributed by atoms with Gasteiger partial charge in [0.25, 0.3) is 0 Å². The summed E-state index contributed by atoms with van der Waals surface area (Å²) in [6.07, 6.45) is 5.39. The molecule has 7 nitrogen and oxygen atoms in total. The van der Waals surface area contributed by atoms with Gasteiger partial charge in [-0.05, 0) is 6.08 Å². The van der Waals surface area contributed by atoms with Crippen LogP contribution in [0.15, 0.2) is 22.2 Å². The van der Waals surface area contributed by atoms with Crippen molar-refractivity contribution in [3.8, 4) is 0 Å². The number of aliphatic imine (C=N–C) groups is 1. The van der Waals surface area contributed by atoms with Crippen molar-refractivity contribution in [2.75, 3.05) is 7.05 Å². The highest BCUT2D eigenvalue weighted by atomic mass is 15.9. The van der Waals surface area contributed by atoms with E-state index >= 15 is 0 Å². The van der Waals surface area contributed by atoms with Crippen molar-refractivity contribution in [3.63, 3.8) is 0 Å². The molecular weight excluding hydrogens is 194 g/mol. The van der Waals surface area contributed by atoms with Crippen molar-refractivity contribution in [3.05, 3.63) is 17.6 Å². The van der Waals surface area contributed by atoms with Crippen molar-refractivity contribution in [1.82, 2.24) is 16.6 Å². The lowest BCUT2D eigenvalue weighted by atomic mass is 10.3. The molecule has 0 aliphatic rings. The smallest absolute Gasteiger partial charge is 0.154 e. The molecule has 0 aromatic carbocycles. The van der Waals surface area contributed by atoms with Gasteiger partial charge in [0, 0.05) is 26.0 Å². The predicted molar refractivity (Wildman–Crippen MR) is 62.7 cm³/mol. The van der Waals surface area contributed by atoms with Crippen molar-refractivity contribution in [1.29, 1.82) is 0 Å². The van der Waals surface area contributed by atoms with E-state index in [1.807, 2.05) is 19.1 Å². The van der Waals surface area contributed by atoms with Gasteiger partial charge < -0.3 is 0 Å². The molecule has 15 heavy (non-hydrogen) atoms. The Balaban J connectivity index is 3.70. The molecule has 1 unspecified atom stereocenters. The van der Waals surface area contributed by atoms with Gasteiger partial charge in [-0.25, -0.2) is 16.5 Å². The summed E-state index contributed by atoms with van der Waals surface area (Å²) in [5, 5.41) is 3.35. The molecule has 0 radical (unpaired) electrons. The second-order valence-corrected chi connectivity index (χ2v) is 2.55. The molecular formula is C8H17N7. The van der Waals surface area contributed by atoms with Gasteiger partial charge in [-0.3, -0.25) is 4.99 Å². The first-order valence-electron chi connectivity index (χ1n) is 4.32. The van der Waals surface area contributed by atoms with Gasteiger partial charge in [0.2, 0.25) is 0 Å². The average Bonchev–Trinajstić information content (AvgIpc) is 2.18. The molecule has 0 aromatic heterocycles. The standard InChI is InChI=1S/C8H17N7/c1-8(6-5-7-9-2)11-15(4)14-13-12-10-3/h5-8,12-13H,3-4H2,1-2H3,(H,11,14)/b6-5-,9-7?. The normalized spacial score (nSPS) is 12.7. The Morgan fingerprint density at radius 2 is 2.27 bits per heavy atom. The summed E-state index contributed by atoms with van der Waals surface area (Å²) in [5.74, 6) is 0. The Bertz CT molecular complexity index is 245. The summed E-state index contributed by atoms with van der Waals surface area (Å²) in [7, 11) is 1.71. The molecule has 0 fully saturated rings. The molecule has 7 heteroatoms. The molecule has 84 valence electrons. The van der Waals surface area contributed by atoms with Gasteiger partial charge in [0.15, 0.2) is 6.72 Å². The summed E-state index contributed by atoms with van der Waals surface area (Å²) < 4.78 is 0. The first kappa shape index (κ1) is 13.1. The van der Waals surface area contributed by atoms with Crippen LogP contribution in [0.1, 0.15) is 6.92 Å². The first-order chi connectivity index (χ1) is 7.20. The Morgan fingerprint density at radius 1 is 1.53 bits per heavy atom. The number of hydrogen-bond donors (Lipinski definition) is 3. The molecule has 0 aliphatic heterocycles. The number of hydrazone groups is 2. The molecule has 0 aliphatic carbocycles. The summed E-state index contributed by atoms with van der Waals surface area (Å²) in [5.41, 5.74) is 11.6. The summed E-state index contributed by atoms with van der Waals surface area (Å²) >= 11 is 0. The number of rotatable bonds is 8. The monoisotopic (exact) mass is 211 g/mol. The van der Waals surface area contributed by atoms with E-state index < -0.39 is 0 Å². The van der Waals surface area contributed by atoms with Gasteiger partial charge >= 0.3 is 0 Å². The van der Waals surface area contributed by atoms with Crippen LogP contribution in [-0.2, 0) is 0 Å². The first-order valence-corrected chi connectivity index (χ1v) is 4.32. The van der Waals surface area contributed by atoms with Crippen LogP contribution in [-0.4, -0.2) is 37.5 Å². The van der Waals surface area contributed by atoms with Crippen LogP contribution in [0.4, 0.5) is 0 Å². The highest BCUT2D eigenvalue weighted by Gasteiger charge is 1.95. The number of hydrazine groups is 3. The number of nitrogens with zero attached hydrogens (tertiary/aromatic N) is 4. The van der Waals surface area contributed by atoms with Crippen LogP contribution < -0.4 is 16.6 Å². The zero-order valence-electron chi connectivity index (χ0n) is 9.01. The van der Waals surface area contributed by atoms with Crippen LogP contribution >= 0.6 is 0 Å². The van der Waals surface area contributed by atoms with E-state index in [1.54, 1.807) is 13.3 Å². The van der Waals surface area contributed by atoms with E-state index in [0.29, 0.717) is 0 Å². The van der Waals surface area contributed by atoms with E-state index in [2.05, 4.69) is 45.6 Å². The lowest BCUT2D eigenvalue weighted by Gasteiger charge is -2.15. The lowest BCUT2D eigenvalue weighted by molar-refractivity contribution is -0.549. The molecule has 0 spiro atoms. The van der Waals surface area contributed by atoms with Crippen LogP contribution in [0.5, 0.6) is 0 Å². The van der Waals surface area contributed by atoms with Gasteiger partial charge in [-0.15, -0.1) is 4.79 Å². The van der Waals surface area contributed by atoms with Gasteiger partial charge in [-0.2, -0.15) is 10.6 Å². The summed E-state index contributed by atoms with van der Waals surface area (Å²) in [6, 6.07) is -0.00788. The highest BCUT2D eigenvalue weighted by molar-refractivity contribution is 5.70. The van der Waals surface area contributed by atoms with E-state index in [1.165, 1.54) is 4.79 Å². The SMILES string of the molecule is C=NNNN[N+](=C)[N-]C(C)/C=C\C=NC. The maximum absolute atomic E-state index is 4.12. The van der Waals surface area contributed by atoms with Crippen molar-refractivity contribution < 1.29 is 4.79 Å². The Morgan fingerprint density at radius 3 is 2.87 bits per heavy atom. The van der Waals surface area contributed by atoms with E-state index in [9.17, 15) is 0 Å². The average molecular weight is 211 g/mol. The van der Waals surface area contributed by atoms with Crippen LogP contribution in [0.25, 0.3) is 5.43 Å². The molecule has 0 heterocycles. The minimum Gasteiger partial charge on any atom is -0.297 e. The van der Waals surface area contributed by atoms with E-state index in [-0.39, 0.29) is 6.04 Å². The Kier molecular flexibility index (Phi) is 7.60. The molecule has 0 rings (SSSR count). The second-order valence-electron chi connectivity index (χ2n) is 2.55. The fourth-order valence-electron chi connectivity index (χ4n) is 0.713. The number of hydrogen-bond acceptors (Lipinski definition) is 5. The topological polar surface area (TPSA) is 77.9 Å². The quantitative estimate of drug-likeness (QED) is 0.224. The molecule has 0 aromatic rings. The highest BCUT2D eigenvalue weighted by Crippen LogP contribution is 1.98. The second kappa shape index (κ2) is 8.70. The Hall–Kier alpha value is -1.89. The van der Waals surface area contributed by atoms with Gasteiger partial charge in [0.1, 0.15) is 0 Å². The Labute approximate surface area is 89.6 Å². The lowest BCUT2D eigenvalue weighted by Crippen LogP contribution is -2.45. The molecule has 0 saturated heterocycles. The van der Waals surface area contributed by atoms with Crippen molar-refractivity contribution in [2.45, 2.75) is 13.0 Å². The van der Waals surface area contributed by atoms with Gasteiger partial charge in [0.05, 0.1) is 0 Å². The summed E-state index contributed by atoms with van der Waals surface area (Å²) in [6.45, 7) is 8.73. The minimum absolute atomic E-state index is 0.00788. The molecule has 0 amide bonds. The fourth-order valence-corrected chi connectivity index (χ4v) is 0.713. The fraction of sp³-hybridized carbons (Fsp3) is 0.375. The van der Waals surface area contributed by atoms with Crippen LogP contribution in [0.2, 0.25) is 0 Å². The third-order valence-electron chi connectivity index (χ3n) is 1.27. The number of allylic oxidation sites excluding steroid dienone is 1. The van der Waals surface area contributed by atoms with Crippen LogP contribution in [0, 0.1) is 0 Å². The van der Waals surface area contributed by atoms with Crippen LogP contribution in [0.3, 0.4) is 0 Å². The maximum Gasteiger partial charge on any atom is 0.154 e. The zero-order chi connectivity index (χ0) is 11.5. The largest absolute Gasteiger partial charge is 0.297 e. The summed E-state index contributed by atoms with van der Waals surface area (Å²) in [4.78, 5) is 5.08. The van der Waals surface area contributed by atoms with Gasteiger partial charge in [-0.1, -0.05) is 13.0 Å². The third-order valence-corrected chi connectivity index (χ3v) is 1.27. The van der Waals surface area contributed by atoms with Crippen molar-refractivity contribution >= 4 is 19.6 Å². The van der Waals surface area contributed by atoms with Crippen molar-refractivity contribution in [2.24, 2.45) is 10.1 Å². The molecule has 1 atom stereocenters. The molecule has 3 N–H and O–H groups in total. The molecule has 0 bridgehead atoms. The third kappa shape index (κ3) is 8.44.